The van der Waals surface area contributed by atoms with Gasteiger partial charge in [0.25, 0.3) is 0 Å². The first-order valence-corrected chi connectivity index (χ1v) is 14.2. The zero-order valence-electron chi connectivity index (χ0n) is 22.4. The van der Waals surface area contributed by atoms with Crippen molar-refractivity contribution in [2.75, 3.05) is 0 Å². The van der Waals surface area contributed by atoms with Gasteiger partial charge in [0.1, 0.15) is 22.8 Å². The van der Waals surface area contributed by atoms with Crippen molar-refractivity contribution < 1.29 is 4.42 Å². The summed E-state index contributed by atoms with van der Waals surface area (Å²) in [6, 6.07) is 31.6. The number of hydrogen-bond donors (Lipinski definition) is 0. The van der Waals surface area contributed by atoms with Crippen LogP contribution in [-0.2, 0) is 6.42 Å². The molecule has 0 saturated carbocycles. The van der Waals surface area contributed by atoms with Crippen LogP contribution in [0.1, 0.15) is 41.0 Å². The molecular formula is C37H27N3O. The van der Waals surface area contributed by atoms with Crippen LogP contribution in [0.25, 0.3) is 50.5 Å². The summed E-state index contributed by atoms with van der Waals surface area (Å²) < 4.78 is 6.17. The molecule has 8 rings (SSSR count). The first-order valence-electron chi connectivity index (χ1n) is 14.2. The molecule has 2 unspecified atom stereocenters. The molecule has 4 aromatic carbocycles. The van der Waals surface area contributed by atoms with E-state index >= 15 is 0 Å². The van der Waals surface area contributed by atoms with E-state index in [-0.39, 0.29) is 11.8 Å². The fourth-order valence-electron chi connectivity index (χ4n) is 6.07. The normalized spacial score (nSPS) is 17.8. The number of rotatable bonds is 4. The fourth-order valence-corrected chi connectivity index (χ4v) is 6.07. The Morgan fingerprint density at radius 2 is 1.46 bits per heavy atom. The Kier molecular flexibility index (Phi) is 5.70. The monoisotopic (exact) mass is 529 g/mol. The summed E-state index contributed by atoms with van der Waals surface area (Å²) in [5, 5.41) is 2.25. The second-order valence-electron chi connectivity index (χ2n) is 10.8. The van der Waals surface area contributed by atoms with Gasteiger partial charge >= 0.3 is 0 Å². The van der Waals surface area contributed by atoms with E-state index in [2.05, 4.69) is 109 Å². The zero-order valence-corrected chi connectivity index (χ0v) is 22.4. The fraction of sp³-hybridized carbons (Fsp3) is 0.108. The molecule has 196 valence electrons. The average molecular weight is 530 g/mol. The molecule has 2 atom stereocenters. The second-order valence-corrected chi connectivity index (χ2v) is 10.8. The zero-order chi connectivity index (χ0) is 27.2. The number of nitrogens with zero attached hydrogens (tertiary/aromatic N) is 3. The lowest BCUT2D eigenvalue weighted by molar-refractivity contribution is 0.669. The highest BCUT2D eigenvalue weighted by molar-refractivity contribution is 6.12. The summed E-state index contributed by atoms with van der Waals surface area (Å²) in [6.45, 7) is 0. The summed E-state index contributed by atoms with van der Waals surface area (Å²) in [5.74, 6) is 2.60. The standard InChI is InChI=1S/C37H27N3O/c1-2-11-25(12-3-1)35-38-36(40-37(39-35)29-21-20-24-10-4-5-13-26(24)22-29)28-15-8-14-27(23-28)30-17-9-19-33-34(30)31-16-6-7-18-32(31)41-33/h1-11,13-21,23,25,29H,12,22H2. The summed E-state index contributed by atoms with van der Waals surface area (Å²) in [5.41, 5.74) is 7.60. The predicted molar refractivity (Wildman–Crippen MR) is 166 cm³/mol. The number of allylic oxidation sites excluding steroid dienone is 5. The lowest BCUT2D eigenvalue weighted by atomic mass is 9.89. The van der Waals surface area contributed by atoms with Gasteiger partial charge in [0.15, 0.2) is 5.82 Å². The van der Waals surface area contributed by atoms with E-state index in [1.807, 2.05) is 18.2 Å². The van der Waals surface area contributed by atoms with Crippen LogP contribution in [0.4, 0.5) is 0 Å². The van der Waals surface area contributed by atoms with Crippen LogP contribution in [0.2, 0.25) is 0 Å². The van der Waals surface area contributed by atoms with Gasteiger partial charge < -0.3 is 4.42 Å². The van der Waals surface area contributed by atoms with Crippen LogP contribution >= 0.6 is 0 Å². The smallest absolute Gasteiger partial charge is 0.163 e. The van der Waals surface area contributed by atoms with Crippen molar-refractivity contribution in [2.45, 2.75) is 24.7 Å². The lowest BCUT2D eigenvalue weighted by Gasteiger charge is -2.20. The molecule has 4 nitrogen and oxygen atoms in total. The molecule has 0 aliphatic heterocycles. The van der Waals surface area contributed by atoms with Crippen LogP contribution in [0.3, 0.4) is 0 Å². The largest absolute Gasteiger partial charge is 0.456 e. The highest BCUT2D eigenvalue weighted by atomic mass is 16.3. The Bertz CT molecular complexity index is 2030. The number of furan rings is 1. The topological polar surface area (TPSA) is 51.8 Å². The predicted octanol–water partition coefficient (Wildman–Crippen LogP) is 9.06. The Morgan fingerprint density at radius 1 is 0.659 bits per heavy atom. The van der Waals surface area contributed by atoms with E-state index in [1.54, 1.807) is 0 Å². The summed E-state index contributed by atoms with van der Waals surface area (Å²) in [6.07, 6.45) is 14.8. The lowest BCUT2D eigenvalue weighted by Crippen LogP contribution is -2.14. The minimum atomic E-state index is 0.0998. The number of aromatic nitrogens is 3. The van der Waals surface area contributed by atoms with Crippen molar-refractivity contribution >= 4 is 28.0 Å². The molecule has 6 aromatic rings. The Labute approximate surface area is 238 Å². The van der Waals surface area contributed by atoms with Crippen molar-refractivity contribution in [2.24, 2.45) is 0 Å². The SMILES string of the molecule is C1=CCC(c2nc(-c3cccc(-c4cccc5oc6ccccc6c45)c3)nc(C3C=Cc4ccccc4C3)n2)C=C1. The van der Waals surface area contributed by atoms with Gasteiger partial charge in [-0.2, -0.15) is 0 Å². The molecule has 4 heteroatoms. The number of para-hydroxylation sites is 1. The molecule has 2 aromatic heterocycles. The van der Waals surface area contributed by atoms with Gasteiger partial charge in [0, 0.05) is 28.2 Å². The highest BCUT2D eigenvalue weighted by Gasteiger charge is 2.23. The first kappa shape index (κ1) is 23.8. The van der Waals surface area contributed by atoms with Gasteiger partial charge in [-0.25, -0.2) is 15.0 Å². The van der Waals surface area contributed by atoms with Crippen molar-refractivity contribution in [3.8, 4) is 22.5 Å². The van der Waals surface area contributed by atoms with E-state index < -0.39 is 0 Å². The molecule has 2 aliphatic rings. The first-order chi connectivity index (χ1) is 20.3. The maximum absolute atomic E-state index is 6.17. The second kappa shape index (κ2) is 9.83. The molecule has 0 amide bonds. The molecule has 0 bridgehead atoms. The van der Waals surface area contributed by atoms with E-state index in [0.29, 0.717) is 5.82 Å². The van der Waals surface area contributed by atoms with Crippen LogP contribution in [0.5, 0.6) is 0 Å². The van der Waals surface area contributed by atoms with E-state index in [1.165, 1.54) is 11.1 Å². The Hall–Kier alpha value is -5.09. The molecule has 2 aliphatic carbocycles. The summed E-state index contributed by atoms with van der Waals surface area (Å²) in [4.78, 5) is 15.2. The minimum Gasteiger partial charge on any atom is -0.456 e. The van der Waals surface area contributed by atoms with Crippen LogP contribution in [0.15, 0.2) is 126 Å². The van der Waals surface area contributed by atoms with Crippen LogP contribution in [-0.4, -0.2) is 15.0 Å². The molecule has 2 heterocycles. The molecule has 0 fully saturated rings. The Balaban J connectivity index is 1.25. The van der Waals surface area contributed by atoms with Crippen molar-refractivity contribution in [3.63, 3.8) is 0 Å². The van der Waals surface area contributed by atoms with Crippen molar-refractivity contribution in [1.29, 1.82) is 0 Å². The minimum absolute atomic E-state index is 0.0998. The molecule has 0 spiro atoms. The van der Waals surface area contributed by atoms with E-state index in [0.717, 1.165) is 63.1 Å². The average Bonchev–Trinajstić information content (AvgIpc) is 3.44. The molecular weight excluding hydrogens is 502 g/mol. The third kappa shape index (κ3) is 4.29. The third-order valence-electron chi connectivity index (χ3n) is 8.15. The number of fused-ring (bicyclic) bond motifs is 4. The maximum Gasteiger partial charge on any atom is 0.163 e. The maximum atomic E-state index is 6.17. The molecule has 41 heavy (non-hydrogen) atoms. The van der Waals surface area contributed by atoms with Gasteiger partial charge in [-0.05, 0) is 53.3 Å². The summed E-state index contributed by atoms with van der Waals surface area (Å²) in [7, 11) is 0. The molecule has 0 saturated heterocycles. The number of hydrogen-bond acceptors (Lipinski definition) is 4. The van der Waals surface area contributed by atoms with Gasteiger partial charge in [-0.1, -0.05) is 109 Å². The van der Waals surface area contributed by atoms with Gasteiger partial charge in [0.05, 0.1) is 0 Å². The van der Waals surface area contributed by atoms with Gasteiger partial charge in [-0.3, -0.25) is 0 Å². The van der Waals surface area contributed by atoms with Crippen molar-refractivity contribution in [1.82, 2.24) is 15.0 Å². The van der Waals surface area contributed by atoms with Crippen molar-refractivity contribution in [3.05, 3.63) is 144 Å². The van der Waals surface area contributed by atoms with E-state index in [9.17, 15) is 0 Å². The van der Waals surface area contributed by atoms with Crippen LogP contribution < -0.4 is 0 Å². The third-order valence-corrected chi connectivity index (χ3v) is 8.15. The van der Waals surface area contributed by atoms with Gasteiger partial charge in [0.2, 0.25) is 0 Å². The highest BCUT2D eigenvalue weighted by Crippen LogP contribution is 2.38. The number of benzene rings is 4. The van der Waals surface area contributed by atoms with Crippen LogP contribution in [0, 0.1) is 0 Å². The quantitative estimate of drug-likeness (QED) is 0.229. The van der Waals surface area contributed by atoms with Gasteiger partial charge in [-0.15, -0.1) is 0 Å². The summed E-state index contributed by atoms with van der Waals surface area (Å²) >= 11 is 0. The molecule has 0 radical (unpaired) electrons. The van der Waals surface area contributed by atoms with E-state index in [4.69, 9.17) is 19.4 Å². The Morgan fingerprint density at radius 3 is 2.39 bits per heavy atom. The molecule has 0 N–H and O–H groups in total.